The second kappa shape index (κ2) is 4.22. The minimum Gasteiger partial charge on any atom is -0.300 e. The van der Waals surface area contributed by atoms with Crippen LogP contribution < -0.4 is 0 Å². The van der Waals surface area contributed by atoms with Crippen molar-refractivity contribution in [3.8, 4) is 0 Å². The second-order valence-corrected chi connectivity index (χ2v) is 7.22. The van der Waals surface area contributed by atoms with E-state index in [1.807, 2.05) is 20.8 Å². The molecule has 1 saturated heterocycles. The van der Waals surface area contributed by atoms with Gasteiger partial charge in [0.05, 0.1) is 5.75 Å². The Bertz CT molecular complexity index is 330. The van der Waals surface area contributed by atoms with Gasteiger partial charge < -0.3 is 0 Å². The van der Waals surface area contributed by atoms with Crippen molar-refractivity contribution < 1.29 is 13.2 Å². The van der Waals surface area contributed by atoms with E-state index in [1.165, 1.54) is 4.31 Å². The molecule has 1 aliphatic heterocycles. The van der Waals surface area contributed by atoms with E-state index in [2.05, 4.69) is 0 Å². The second-order valence-electron chi connectivity index (χ2n) is 5.25. The minimum absolute atomic E-state index is 0.147. The molecule has 0 N–H and O–H groups in total. The van der Waals surface area contributed by atoms with E-state index >= 15 is 0 Å². The molecule has 1 fully saturated rings. The molecule has 0 aliphatic carbocycles. The lowest BCUT2D eigenvalue weighted by molar-refractivity contribution is -0.120. The third-order valence-corrected chi connectivity index (χ3v) is 4.67. The Morgan fingerprint density at radius 1 is 1.20 bits per heavy atom. The molecule has 0 saturated carbocycles. The largest absolute Gasteiger partial charge is 0.300 e. The lowest BCUT2D eigenvalue weighted by Crippen LogP contribution is -2.42. The van der Waals surface area contributed by atoms with Crippen LogP contribution >= 0.6 is 0 Å². The van der Waals surface area contributed by atoms with Crippen molar-refractivity contribution in [2.45, 2.75) is 33.6 Å². The summed E-state index contributed by atoms with van der Waals surface area (Å²) in [6, 6.07) is 0. The predicted molar refractivity (Wildman–Crippen MR) is 59.1 cm³/mol. The van der Waals surface area contributed by atoms with Crippen LogP contribution in [0.2, 0.25) is 0 Å². The summed E-state index contributed by atoms with van der Waals surface area (Å²) in [6.45, 7) is 6.42. The number of hydrogen-bond donors (Lipinski definition) is 0. The number of rotatable bonds is 2. The summed E-state index contributed by atoms with van der Waals surface area (Å²) in [7, 11) is -3.18. The van der Waals surface area contributed by atoms with Crippen LogP contribution in [0.4, 0.5) is 0 Å². The first-order valence-electron chi connectivity index (χ1n) is 5.20. The molecule has 0 aromatic heterocycles. The highest BCUT2D eigenvalue weighted by molar-refractivity contribution is 7.89. The molecule has 0 unspecified atom stereocenters. The van der Waals surface area contributed by atoms with Crippen molar-refractivity contribution in [3.63, 3.8) is 0 Å². The van der Waals surface area contributed by atoms with Crippen LogP contribution in [0.1, 0.15) is 33.6 Å². The van der Waals surface area contributed by atoms with Crippen molar-refractivity contribution in [3.05, 3.63) is 0 Å². The quantitative estimate of drug-likeness (QED) is 0.715. The summed E-state index contributed by atoms with van der Waals surface area (Å²) < 4.78 is 25.3. The Kier molecular flexibility index (Phi) is 3.55. The first-order valence-corrected chi connectivity index (χ1v) is 6.81. The van der Waals surface area contributed by atoms with Crippen LogP contribution in [0.25, 0.3) is 0 Å². The van der Waals surface area contributed by atoms with Crippen molar-refractivity contribution in [1.82, 2.24) is 4.31 Å². The van der Waals surface area contributed by atoms with Crippen molar-refractivity contribution in [1.29, 1.82) is 0 Å². The zero-order valence-electron chi connectivity index (χ0n) is 9.62. The molecule has 0 radical (unpaired) electrons. The molecule has 88 valence electrons. The maximum atomic E-state index is 11.9. The highest BCUT2D eigenvalue weighted by atomic mass is 32.2. The molecule has 0 atom stereocenters. The average Bonchev–Trinajstić information content (AvgIpc) is 2.00. The minimum atomic E-state index is -3.18. The third kappa shape index (κ3) is 3.91. The van der Waals surface area contributed by atoms with Gasteiger partial charge in [0.25, 0.3) is 0 Å². The van der Waals surface area contributed by atoms with Crippen molar-refractivity contribution >= 4 is 15.8 Å². The van der Waals surface area contributed by atoms with Gasteiger partial charge in [0.15, 0.2) is 0 Å². The summed E-state index contributed by atoms with van der Waals surface area (Å²) in [4.78, 5) is 11.0. The molecule has 0 amide bonds. The Morgan fingerprint density at radius 2 is 1.67 bits per heavy atom. The van der Waals surface area contributed by atoms with Gasteiger partial charge in [-0.2, -0.15) is 0 Å². The van der Waals surface area contributed by atoms with Crippen molar-refractivity contribution in [2.24, 2.45) is 5.41 Å². The fourth-order valence-corrected chi connectivity index (χ4v) is 3.67. The van der Waals surface area contributed by atoms with E-state index < -0.39 is 10.0 Å². The molecule has 0 aromatic carbocycles. The smallest absolute Gasteiger partial charge is 0.214 e. The van der Waals surface area contributed by atoms with E-state index in [0.29, 0.717) is 25.9 Å². The number of hydrogen-bond acceptors (Lipinski definition) is 3. The molecule has 1 heterocycles. The van der Waals surface area contributed by atoms with Gasteiger partial charge in [-0.1, -0.05) is 20.8 Å². The van der Waals surface area contributed by atoms with E-state index in [1.54, 1.807) is 0 Å². The fourth-order valence-electron chi connectivity index (χ4n) is 1.65. The molecular formula is C10H19NO3S. The SMILES string of the molecule is CC(C)(C)CS(=O)(=O)N1CCC(=O)CC1. The summed E-state index contributed by atoms with van der Waals surface area (Å²) in [5, 5.41) is 0. The Hall–Kier alpha value is -0.420. The average molecular weight is 233 g/mol. The van der Waals surface area contributed by atoms with Crippen LogP contribution in [-0.4, -0.2) is 37.3 Å². The zero-order chi connectivity index (χ0) is 11.7. The van der Waals surface area contributed by atoms with E-state index in [0.717, 1.165) is 0 Å². The monoisotopic (exact) mass is 233 g/mol. The predicted octanol–water partition coefficient (Wildman–Crippen LogP) is 1.03. The zero-order valence-corrected chi connectivity index (χ0v) is 10.4. The lowest BCUT2D eigenvalue weighted by Gasteiger charge is -2.28. The van der Waals surface area contributed by atoms with Gasteiger partial charge in [0, 0.05) is 25.9 Å². The Labute approximate surface area is 91.7 Å². The molecule has 0 spiro atoms. The Morgan fingerprint density at radius 3 is 2.07 bits per heavy atom. The van der Waals surface area contributed by atoms with Gasteiger partial charge in [-0.25, -0.2) is 12.7 Å². The highest BCUT2D eigenvalue weighted by Crippen LogP contribution is 2.20. The third-order valence-electron chi connectivity index (χ3n) is 2.29. The van der Waals surface area contributed by atoms with Crippen LogP contribution in [0, 0.1) is 5.41 Å². The van der Waals surface area contributed by atoms with Crippen molar-refractivity contribution in [2.75, 3.05) is 18.8 Å². The van der Waals surface area contributed by atoms with Gasteiger partial charge in [-0.15, -0.1) is 0 Å². The highest BCUT2D eigenvalue weighted by Gasteiger charge is 2.30. The molecule has 1 rings (SSSR count). The maximum absolute atomic E-state index is 11.9. The Balaban J connectivity index is 2.67. The summed E-state index contributed by atoms with van der Waals surface area (Å²) in [5.41, 5.74) is -0.236. The number of piperidine rings is 1. The molecule has 5 heteroatoms. The number of Topliss-reactive ketones (excluding diaryl/α,β-unsaturated/α-hetero) is 1. The molecular weight excluding hydrogens is 214 g/mol. The van der Waals surface area contributed by atoms with Gasteiger partial charge in [-0.05, 0) is 5.41 Å². The van der Waals surface area contributed by atoms with Gasteiger partial charge >= 0.3 is 0 Å². The van der Waals surface area contributed by atoms with E-state index in [-0.39, 0.29) is 17.0 Å². The standard InChI is InChI=1S/C10H19NO3S/c1-10(2,3)8-15(13,14)11-6-4-9(12)5-7-11/h4-8H2,1-3H3. The molecule has 0 bridgehead atoms. The van der Waals surface area contributed by atoms with Gasteiger partial charge in [0.2, 0.25) is 10.0 Å². The fraction of sp³-hybridized carbons (Fsp3) is 0.900. The number of carbonyl (C=O) groups is 1. The number of ketones is 1. The van der Waals surface area contributed by atoms with E-state index in [4.69, 9.17) is 0 Å². The molecule has 0 aromatic rings. The summed E-state index contributed by atoms with van der Waals surface area (Å²) in [6.07, 6.45) is 0.729. The first-order chi connectivity index (χ1) is 6.71. The summed E-state index contributed by atoms with van der Waals surface area (Å²) >= 11 is 0. The van der Waals surface area contributed by atoms with Crippen LogP contribution in [0.3, 0.4) is 0 Å². The first kappa shape index (κ1) is 12.6. The molecule has 15 heavy (non-hydrogen) atoms. The normalized spacial score (nSPS) is 20.6. The molecule has 4 nitrogen and oxygen atoms in total. The summed E-state index contributed by atoms with van der Waals surface area (Å²) in [5.74, 6) is 0.311. The van der Waals surface area contributed by atoms with Gasteiger partial charge in [0.1, 0.15) is 5.78 Å². The topological polar surface area (TPSA) is 54.5 Å². The van der Waals surface area contributed by atoms with Crippen LogP contribution in [0.5, 0.6) is 0 Å². The lowest BCUT2D eigenvalue weighted by atomic mass is 10.0. The van der Waals surface area contributed by atoms with Crippen LogP contribution in [-0.2, 0) is 14.8 Å². The van der Waals surface area contributed by atoms with Crippen LogP contribution in [0.15, 0.2) is 0 Å². The number of carbonyl (C=O) groups excluding carboxylic acids is 1. The maximum Gasteiger partial charge on any atom is 0.214 e. The number of nitrogens with zero attached hydrogens (tertiary/aromatic N) is 1. The molecule has 1 aliphatic rings. The van der Waals surface area contributed by atoms with Gasteiger partial charge in [-0.3, -0.25) is 4.79 Å². The van der Waals surface area contributed by atoms with E-state index in [9.17, 15) is 13.2 Å². The number of sulfonamides is 1.